The zero-order valence-electron chi connectivity index (χ0n) is 13.2. The Kier molecular flexibility index (Phi) is 4.10. The van der Waals surface area contributed by atoms with Crippen LogP contribution in [0, 0.1) is 0 Å². The number of carbonyl (C=O) groups is 1. The molecule has 6 heteroatoms. The molecule has 1 amide bonds. The van der Waals surface area contributed by atoms with Crippen molar-refractivity contribution in [3.63, 3.8) is 0 Å². The second-order valence-electron chi connectivity index (χ2n) is 5.33. The van der Waals surface area contributed by atoms with Crippen LogP contribution in [0.15, 0.2) is 77.3 Å². The van der Waals surface area contributed by atoms with Crippen LogP contribution in [0.25, 0.3) is 16.2 Å². The van der Waals surface area contributed by atoms with Gasteiger partial charge in [-0.25, -0.2) is 10.4 Å². The van der Waals surface area contributed by atoms with Crippen LogP contribution in [-0.2, 0) is 0 Å². The lowest BCUT2D eigenvalue weighted by atomic mass is 10.1. The molecular formula is C19H14N4OS. The molecule has 5 nitrogen and oxygen atoms in total. The highest BCUT2D eigenvalue weighted by Gasteiger charge is 2.13. The van der Waals surface area contributed by atoms with Crippen molar-refractivity contribution in [3.8, 4) is 11.3 Å². The van der Waals surface area contributed by atoms with Crippen LogP contribution >= 0.6 is 11.3 Å². The summed E-state index contributed by atoms with van der Waals surface area (Å²) < 4.78 is 1.96. The Morgan fingerprint density at radius 2 is 1.80 bits per heavy atom. The third-order valence-corrected chi connectivity index (χ3v) is 4.49. The predicted molar refractivity (Wildman–Crippen MR) is 100 cm³/mol. The van der Waals surface area contributed by atoms with E-state index in [9.17, 15) is 4.79 Å². The number of carbonyl (C=O) groups excluding carboxylic acids is 1. The third-order valence-electron chi connectivity index (χ3n) is 3.74. The van der Waals surface area contributed by atoms with Crippen LogP contribution in [0.2, 0.25) is 0 Å². The average Bonchev–Trinajstić information content (AvgIpc) is 3.25. The fraction of sp³-hybridized carbons (Fsp3) is 0. The van der Waals surface area contributed by atoms with Gasteiger partial charge in [0.15, 0.2) is 4.96 Å². The molecule has 0 aliphatic carbocycles. The fourth-order valence-corrected chi connectivity index (χ4v) is 3.26. The molecule has 0 atom stereocenters. The Morgan fingerprint density at radius 3 is 2.56 bits per heavy atom. The van der Waals surface area contributed by atoms with Gasteiger partial charge in [0.05, 0.1) is 17.6 Å². The van der Waals surface area contributed by atoms with Crippen molar-refractivity contribution in [2.45, 2.75) is 0 Å². The molecule has 1 N–H and O–H groups in total. The first kappa shape index (κ1) is 15.3. The molecule has 0 aliphatic rings. The molecule has 0 saturated carbocycles. The Bertz CT molecular complexity index is 1040. The van der Waals surface area contributed by atoms with Crippen molar-refractivity contribution >= 4 is 28.4 Å². The molecule has 0 bridgehead atoms. The highest BCUT2D eigenvalue weighted by molar-refractivity contribution is 7.15. The first-order chi connectivity index (χ1) is 12.3. The lowest BCUT2D eigenvalue weighted by molar-refractivity contribution is 0.0955. The van der Waals surface area contributed by atoms with Gasteiger partial charge < -0.3 is 0 Å². The second-order valence-corrected chi connectivity index (χ2v) is 6.21. The number of hydrogen-bond acceptors (Lipinski definition) is 4. The Morgan fingerprint density at radius 1 is 1.08 bits per heavy atom. The maximum absolute atomic E-state index is 12.1. The predicted octanol–water partition coefficient (Wildman–Crippen LogP) is 3.83. The van der Waals surface area contributed by atoms with E-state index in [-0.39, 0.29) is 5.91 Å². The van der Waals surface area contributed by atoms with Crippen LogP contribution in [-0.4, -0.2) is 21.5 Å². The van der Waals surface area contributed by atoms with Crippen molar-refractivity contribution in [2.75, 3.05) is 0 Å². The molecule has 122 valence electrons. The van der Waals surface area contributed by atoms with Crippen LogP contribution in [0.3, 0.4) is 0 Å². The molecule has 0 saturated heterocycles. The van der Waals surface area contributed by atoms with Crippen molar-refractivity contribution < 1.29 is 4.79 Å². The van der Waals surface area contributed by atoms with E-state index in [0.29, 0.717) is 5.56 Å². The quantitative estimate of drug-likeness (QED) is 0.451. The number of hydrogen-bond donors (Lipinski definition) is 1. The van der Waals surface area contributed by atoms with Gasteiger partial charge in [0.25, 0.3) is 5.91 Å². The summed E-state index contributed by atoms with van der Waals surface area (Å²) in [6, 6.07) is 18.9. The highest BCUT2D eigenvalue weighted by atomic mass is 32.1. The number of hydrazone groups is 1. The average molecular weight is 346 g/mol. The maximum Gasteiger partial charge on any atom is 0.271 e. The Labute approximate surface area is 148 Å². The van der Waals surface area contributed by atoms with Crippen LogP contribution in [0.4, 0.5) is 0 Å². The molecule has 4 rings (SSSR count). The molecule has 0 aliphatic heterocycles. The molecule has 4 aromatic rings. The van der Waals surface area contributed by atoms with Gasteiger partial charge in [0, 0.05) is 22.7 Å². The van der Waals surface area contributed by atoms with Crippen molar-refractivity contribution in [2.24, 2.45) is 5.10 Å². The first-order valence-corrected chi connectivity index (χ1v) is 8.60. The molecule has 2 heterocycles. The lowest BCUT2D eigenvalue weighted by Crippen LogP contribution is -2.17. The van der Waals surface area contributed by atoms with Crippen molar-refractivity contribution in [3.05, 3.63) is 83.5 Å². The molecule has 0 radical (unpaired) electrons. The van der Waals surface area contributed by atoms with Gasteiger partial charge >= 0.3 is 0 Å². The summed E-state index contributed by atoms with van der Waals surface area (Å²) in [6.45, 7) is 0. The van der Waals surface area contributed by atoms with E-state index in [1.807, 2.05) is 64.5 Å². The summed E-state index contributed by atoms with van der Waals surface area (Å²) in [5.41, 5.74) is 5.81. The Balaban J connectivity index is 1.64. The molecular weight excluding hydrogens is 332 g/mol. The lowest BCUT2D eigenvalue weighted by Gasteiger charge is -2.01. The van der Waals surface area contributed by atoms with Crippen LogP contribution < -0.4 is 5.43 Å². The SMILES string of the molecule is O=C(N/N=C/c1c(-c2ccccc2)nc2sccn12)c1ccccc1. The number of nitrogens with one attached hydrogen (secondary N) is 1. The molecule has 25 heavy (non-hydrogen) atoms. The van der Waals surface area contributed by atoms with Crippen LogP contribution in [0.5, 0.6) is 0 Å². The first-order valence-electron chi connectivity index (χ1n) is 7.72. The fourth-order valence-electron chi connectivity index (χ4n) is 2.54. The molecule has 2 aromatic heterocycles. The van der Waals surface area contributed by atoms with Gasteiger partial charge in [0.1, 0.15) is 0 Å². The summed E-state index contributed by atoms with van der Waals surface area (Å²) in [4.78, 5) is 17.7. The maximum atomic E-state index is 12.1. The van der Waals surface area contributed by atoms with E-state index in [2.05, 4.69) is 15.5 Å². The smallest absolute Gasteiger partial charge is 0.271 e. The summed E-state index contributed by atoms with van der Waals surface area (Å²) in [5.74, 6) is -0.246. The summed E-state index contributed by atoms with van der Waals surface area (Å²) in [7, 11) is 0. The summed E-state index contributed by atoms with van der Waals surface area (Å²) >= 11 is 1.56. The van der Waals surface area contributed by atoms with Gasteiger partial charge in [-0.2, -0.15) is 5.10 Å². The number of benzene rings is 2. The van der Waals surface area contributed by atoms with E-state index in [0.717, 1.165) is 21.9 Å². The molecule has 0 spiro atoms. The number of thiazole rings is 1. The minimum absolute atomic E-state index is 0.246. The summed E-state index contributed by atoms with van der Waals surface area (Å²) in [6.07, 6.45) is 3.58. The standard InChI is InChI=1S/C19H14N4OS/c24-18(15-9-5-2-6-10-15)22-20-13-16-17(14-7-3-1-4-8-14)21-19-23(16)11-12-25-19/h1-13H,(H,22,24)/b20-13+. The van der Waals surface area contributed by atoms with E-state index in [1.165, 1.54) is 0 Å². The van der Waals surface area contributed by atoms with Crippen molar-refractivity contribution in [1.82, 2.24) is 14.8 Å². The minimum Gasteiger partial charge on any atom is -0.289 e. The minimum atomic E-state index is -0.246. The number of aromatic nitrogens is 2. The third kappa shape index (κ3) is 3.07. The van der Waals surface area contributed by atoms with Gasteiger partial charge in [0.2, 0.25) is 0 Å². The molecule has 0 fully saturated rings. The van der Waals surface area contributed by atoms with Crippen molar-refractivity contribution in [1.29, 1.82) is 0 Å². The molecule has 2 aromatic carbocycles. The van der Waals surface area contributed by atoms with Gasteiger partial charge in [-0.1, -0.05) is 48.5 Å². The van der Waals surface area contributed by atoms with Crippen LogP contribution in [0.1, 0.15) is 16.1 Å². The van der Waals surface area contributed by atoms with Gasteiger partial charge in [-0.15, -0.1) is 11.3 Å². The highest BCUT2D eigenvalue weighted by Crippen LogP contribution is 2.25. The van der Waals surface area contributed by atoms with E-state index < -0.39 is 0 Å². The zero-order valence-corrected chi connectivity index (χ0v) is 14.0. The monoisotopic (exact) mass is 346 g/mol. The summed E-state index contributed by atoms with van der Waals surface area (Å²) in [5, 5.41) is 6.09. The van der Waals surface area contributed by atoms with Gasteiger partial charge in [-0.05, 0) is 12.1 Å². The zero-order chi connectivity index (χ0) is 17.1. The number of imidazole rings is 1. The largest absolute Gasteiger partial charge is 0.289 e. The topological polar surface area (TPSA) is 58.8 Å². The number of rotatable bonds is 4. The number of fused-ring (bicyclic) bond motifs is 1. The van der Waals surface area contributed by atoms with E-state index in [1.54, 1.807) is 29.7 Å². The number of nitrogens with zero attached hydrogens (tertiary/aromatic N) is 3. The Hall–Kier alpha value is -3.25. The van der Waals surface area contributed by atoms with Gasteiger partial charge in [-0.3, -0.25) is 9.20 Å². The normalized spacial score (nSPS) is 11.2. The molecule has 0 unspecified atom stereocenters. The van der Waals surface area contributed by atoms with E-state index >= 15 is 0 Å². The number of amides is 1. The van der Waals surface area contributed by atoms with E-state index in [4.69, 9.17) is 0 Å². The second kappa shape index (κ2) is 6.70.